The van der Waals surface area contributed by atoms with Gasteiger partial charge in [0, 0.05) is 12.6 Å². The number of hydrogen-bond acceptors (Lipinski definition) is 6. The van der Waals surface area contributed by atoms with Crippen molar-refractivity contribution in [2.45, 2.75) is 13.8 Å². The first-order valence-corrected chi connectivity index (χ1v) is 11.5. The van der Waals surface area contributed by atoms with Gasteiger partial charge in [-0.2, -0.15) is 0 Å². The summed E-state index contributed by atoms with van der Waals surface area (Å²) in [4.78, 5) is 25.2. The summed E-state index contributed by atoms with van der Waals surface area (Å²) >= 11 is 0. The van der Waals surface area contributed by atoms with Crippen LogP contribution in [0, 0.1) is 5.92 Å². The molecule has 1 heterocycles. The molecule has 0 aromatic heterocycles. The first-order chi connectivity index (χ1) is 14.6. The fourth-order valence-corrected chi connectivity index (χ4v) is 3.79. The molecule has 31 heavy (non-hydrogen) atoms. The van der Waals surface area contributed by atoms with Crippen molar-refractivity contribution in [3.63, 3.8) is 0 Å². The lowest BCUT2D eigenvalue weighted by Crippen LogP contribution is -2.37. The van der Waals surface area contributed by atoms with E-state index in [1.807, 2.05) is 13.8 Å². The van der Waals surface area contributed by atoms with Crippen molar-refractivity contribution in [1.29, 1.82) is 0 Å². The quantitative estimate of drug-likeness (QED) is 0.641. The van der Waals surface area contributed by atoms with E-state index >= 15 is 0 Å². The number of nitrogens with zero attached hydrogens (tertiary/aromatic N) is 1. The highest BCUT2D eigenvalue weighted by molar-refractivity contribution is 7.92. The third kappa shape index (κ3) is 5.66. The maximum absolute atomic E-state index is 12.7. The van der Waals surface area contributed by atoms with Crippen LogP contribution in [0.2, 0.25) is 0 Å². The number of sulfonamides is 1. The average molecular weight is 448 g/mol. The van der Waals surface area contributed by atoms with E-state index in [2.05, 4.69) is 10.6 Å². The summed E-state index contributed by atoms with van der Waals surface area (Å²) in [6, 6.07) is 11.2. The zero-order chi connectivity index (χ0) is 22.6. The van der Waals surface area contributed by atoms with Crippen LogP contribution >= 0.6 is 0 Å². The van der Waals surface area contributed by atoms with Gasteiger partial charge < -0.3 is 20.1 Å². The van der Waals surface area contributed by atoms with Gasteiger partial charge in [0.2, 0.25) is 22.7 Å². The van der Waals surface area contributed by atoms with Crippen LogP contribution in [0.15, 0.2) is 42.5 Å². The normalized spacial score (nSPS) is 12.5. The van der Waals surface area contributed by atoms with Gasteiger partial charge in [0.15, 0.2) is 11.5 Å². The van der Waals surface area contributed by atoms with Crippen molar-refractivity contribution in [3.05, 3.63) is 48.0 Å². The van der Waals surface area contributed by atoms with E-state index in [0.29, 0.717) is 29.3 Å². The first-order valence-electron chi connectivity index (χ1n) is 9.69. The Hall–Kier alpha value is -3.27. The summed E-state index contributed by atoms with van der Waals surface area (Å²) in [7, 11) is -3.77. The Morgan fingerprint density at radius 3 is 2.52 bits per heavy atom. The number of hydrogen-bond donors (Lipinski definition) is 2. The maximum atomic E-state index is 12.7. The molecule has 1 aliphatic rings. The van der Waals surface area contributed by atoms with Gasteiger partial charge in [-0.1, -0.05) is 26.0 Å². The Morgan fingerprint density at radius 1 is 1.10 bits per heavy atom. The highest BCUT2D eigenvalue weighted by atomic mass is 32.2. The lowest BCUT2D eigenvalue weighted by atomic mass is 10.1. The first kappa shape index (κ1) is 22.4. The summed E-state index contributed by atoms with van der Waals surface area (Å²) in [6.07, 6.45) is 1.01. The molecule has 0 spiro atoms. The third-order valence-electron chi connectivity index (χ3n) is 4.45. The second-order valence-corrected chi connectivity index (χ2v) is 9.41. The monoisotopic (exact) mass is 447 g/mol. The molecule has 0 saturated heterocycles. The molecule has 0 radical (unpaired) electrons. The molecule has 0 bridgehead atoms. The van der Waals surface area contributed by atoms with Crippen LogP contribution in [0.4, 0.5) is 11.4 Å². The van der Waals surface area contributed by atoms with E-state index < -0.39 is 22.5 Å². The number of carbonyl (C=O) groups is 2. The van der Waals surface area contributed by atoms with Crippen molar-refractivity contribution in [2.75, 3.05) is 35.8 Å². The van der Waals surface area contributed by atoms with E-state index in [4.69, 9.17) is 9.47 Å². The van der Waals surface area contributed by atoms with E-state index in [1.165, 1.54) is 12.1 Å². The molecule has 2 N–H and O–H groups in total. The fourth-order valence-electron chi connectivity index (χ4n) is 2.94. The zero-order valence-electron chi connectivity index (χ0n) is 17.5. The summed E-state index contributed by atoms with van der Waals surface area (Å²) in [6.45, 7) is 4.02. The van der Waals surface area contributed by atoms with Crippen LogP contribution in [0.25, 0.3) is 0 Å². The third-order valence-corrected chi connectivity index (χ3v) is 5.59. The molecular weight excluding hydrogens is 422 g/mol. The number of rotatable bonds is 8. The molecular formula is C21H25N3O6S. The van der Waals surface area contributed by atoms with Gasteiger partial charge >= 0.3 is 0 Å². The molecule has 0 saturated carbocycles. The van der Waals surface area contributed by atoms with Crippen LogP contribution in [-0.2, 0) is 14.8 Å². The van der Waals surface area contributed by atoms with E-state index in [1.54, 1.807) is 30.3 Å². The molecule has 0 unspecified atom stereocenters. The summed E-state index contributed by atoms with van der Waals surface area (Å²) in [5.74, 6) is 0.269. The van der Waals surface area contributed by atoms with Crippen LogP contribution in [-0.4, -0.2) is 46.4 Å². The molecule has 0 aliphatic carbocycles. The van der Waals surface area contributed by atoms with Gasteiger partial charge in [0.1, 0.15) is 6.54 Å². The van der Waals surface area contributed by atoms with Gasteiger partial charge in [-0.25, -0.2) is 8.42 Å². The number of anilines is 2. The van der Waals surface area contributed by atoms with Gasteiger partial charge in [-0.3, -0.25) is 13.9 Å². The predicted molar refractivity (Wildman–Crippen MR) is 117 cm³/mol. The summed E-state index contributed by atoms with van der Waals surface area (Å²) in [5.41, 5.74) is 0.864. The minimum Gasteiger partial charge on any atom is -0.454 e. The molecule has 0 fully saturated rings. The van der Waals surface area contributed by atoms with Crippen molar-refractivity contribution in [3.8, 4) is 11.5 Å². The topological polar surface area (TPSA) is 114 Å². The average Bonchev–Trinajstić information content (AvgIpc) is 3.17. The standard InChI is InChI=1S/C21H25N3O6S/c1-14(2)11-22-21(26)16-6-4-5-7-17(16)23-20(25)12-24(31(3,27)28)15-8-9-18-19(10-15)30-13-29-18/h4-10,14H,11-13H2,1-3H3,(H,22,26)(H,23,25). The van der Waals surface area contributed by atoms with Gasteiger partial charge in [0.05, 0.1) is 23.2 Å². The lowest BCUT2D eigenvalue weighted by molar-refractivity contribution is -0.114. The number of carbonyl (C=O) groups excluding carboxylic acids is 2. The van der Waals surface area contributed by atoms with Crippen molar-refractivity contribution in [2.24, 2.45) is 5.92 Å². The molecule has 3 rings (SSSR count). The number of ether oxygens (including phenoxy) is 2. The van der Waals surface area contributed by atoms with Crippen molar-refractivity contribution in [1.82, 2.24) is 5.32 Å². The summed E-state index contributed by atoms with van der Waals surface area (Å²) in [5, 5.41) is 5.45. The number of fused-ring (bicyclic) bond motifs is 1. The van der Waals surface area contributed by atoms with E-state index in [0.717, 1.165) is 10.6 Å². The largest absolute Gasteiger partial charge is 0.454 e. The van der Waals surface area contributed by atoms with E-state index in [9.17, 15) is 18.0 Å². The van der Waals surface area contributed by atoms with Crippen molar-refractivity contribution < 1.29 is 27.5 Å². The van der Waals surface area contributed by atoms with Crippen LogP contribution < -0.4 is 24.4 Å². The van der Waals surface area contributed by atoms with Crippen LogP contribution in [0.3, 0.4) is 0 Å². The Bertz CT molecular complexity index is 1080. The smallest absolute Gasteiger partial charge is 0.253 e. The van der Waals surface area contributed by atoms with Gasteiger partial charge in [-0.15, -0.1) is 0 Å². The number of nitrogens with one attached hydrogen (secondary N) is 2. The Morgan fingerprint density at radius 2 is 1.81 bits per heavy atom. The predicted octanol–water partition coefficient (Wildman–Crippen LogP) is 2.21. The molecule has 9 nitrogen and oxygen atoms in total. The molecule has 2 aromatic carbocycles. The molecule has 10 heteroatoms. The molecule has 0 atom stereocenters. The highest BCUT2D eigenvalue weighted by Gasteiger charge is 2.24. The Balaban J connectivity index is 1.78. The second kappa shape index (κ2) is 9.25. The zero-order valence-corrected chi connectivity index (χ0v) is 18.4. The van der Waals surface area contributed by atoms with Crippen LogP contribution in [0.1, 0.15) is 24.2 Å². The molecule has 166 valence electrons. The minimum absolute atomic E-state index is 0.0494. The minimum atomic E-state index is -3.77. The summed E-state index contributed by atoms with van der Waals surface area (Å²) < 4.78 is 36.2. The Kier molecular flexibility index (Phi) is 6.69. The highest BCUT2D eigenvalue weighted by Crippen LogP contribution is 2.36. The number of benzene rings is 2. The molecule has 1 aliphatic heterocycles. The fraction of sp³-hybridized carbons (Fsp3) is 0.333. The SMILES string of the molecule is CC(C)CNC(=O)c1ccccc1NC(=O)CN(c1ccc2c(c1)OCO2)S(C)(=O)=O. The number of para-hydroxylation sites is 1. The number of amides is 2. The lowest BCUT2D eigenvalue weighted by Gasteiger charge is -2.22. The molecule has 2 amide bonds. The van der Waals surface area contributed by atoms with Crippen LogP contribution in [0.5, 0.6) is 11.5 Å². The molecule has 2 aromatic rings. The van der Waals surface area contributed by atoms with Crippen molar-refractivity contribution >= 4 is 33.2 Å². The Labute approximate surface area is 181 Å². The van der Waals surface area contributed by atoms with Gasteiger partial charge in [0.25, 0.3) is 5.91 Å². The second-order valence-electron chi connectivity index (χ2n) is 7.50. The maximum Gasteiger partial charge on any atom is 0.253 e. The van der Waals surface area contributed by atoms with Gasteiger partial charge in [-0.05, 0) is 30.2 Å². The van der Waals surface area contributed by atoms with E-state index in [-0.39, 0.29) is 24.3 Å².